The van der Waals surface area contributed by atoms with Crippen molar-refractivity contribution in [1.29, 1.82) is 0 Å². The summed E-state index contributed by atoms with van der Waals surface area (Å²) in [6, 6.07) is 12.2. The third-order valence-corrected chi connectivity index (χ3v) is 10.3. The molecular formula is C37H51ClN4O10S. The molecule has 2 heterocycles. The number of hydrogen-bond acceptors (Lipinski definition) is 9. The van der Waals surface area contributed by atoms with Crippen LogP contribution in [-0.4, -0.2) is 114 Å². The zero-order valence-corrected chi connectivity index (χ0v) is 32.1. The highest BCUT2D eigenvalue weighted by Gasteiger charge is 2.44. The monoisotopic (exact) mass is 778 g/mol. The number of nitrogens with one attached hydrogen (secondary N) is 2. The molecular weight excluding hydrogens is 728 g/mol. The number of nitrogens with zero attached hydrogens (tertiary/aromatic N) is 2. The zero-order valence-electron chi connectivity index (χ0n) is 30.6. The predicted octanol–water partition coefficient (Wildman–Crippen LogP) is 3.34. The molecule has 14 nitrogen and oxygen atoms in total. The topological polar surface area (TPSA) is 192 Å². The van der Waals surface area contributed by atoms with Gasteiger partial charge in [0.15, 0.2) is 6.10 Å². The van der Waals surface area contributed by atoms with Crippen LogP contribution >= 0.6 is 11.6 Å². The van der Waals surface area contributed by atoms with Crippen LogP contribution in [0, 0.1) is 5.92 Å². The number of carboxylic acid groups (broad SMARTS) is 1. The number of likely N-dealkylation sites (tertiary alicyclic amines) is 2. The van der Waals surface area contributed by atoms with Gasteiger partial charge in [0.05, 0.1) is 25.0 Å². The van der Waals surface area contributed by atoms with Gasteiger partial charge in [0.1, 0.15) is 17.7 Å². The highest BCUT2D eigenvalue weighted by atomic mass is 35.5. The lowest BCUT2D eigenvalue weighted by molar-refractivity contribution is -0.149. The Morgan fingerprint density at radius 2 is 1.64 bits per heavy atom. The van der Waals surface area contributed by atoms with Gasteiger partial charge in [-0.2, -0.15) is 0 Å². The Morgan fingerprint density at radius 1 is 1.00 bits per heavy atom. The van der Waals surface area contributed by atoms with Crippen molar-refractivity contribution in [3.8, 4) is 0 Å². The van der Waals surface area contributed by atoms with Crippen LogP contribution in [0.1, 0.15) is 64.0 Å². The first-order valence-electron chi connectivity index (χ1n) is 17.8. The second-order valence-corrected chi connectivity index (χ2v) is 17.0. The molecule has 0 radical (unpaired) electrons. The van der Waals surface area contributed by atoms with E-state index >= 15 is 0 Å². The number of ether oxygens (including phenoxy) is 2. The average molecular weight is 779 g/mol. The maximum absolute atomic E-state index is 14.3. The number of rotatable bonds is 15. The van der Waals surface area contributed by atoms with Gasteiger partial charge in [-0.05, 0) is 82.1 Å². The maximum atomic E-state index is 14.3. The second kappa shape index (κ2) is 18.5. The zero-order chi connectivity index (χ0) is 38.9. The molecule has 0 bridgehead atoms. The smallest absolute Gasteiger partial charge is 0.410 e. The van der Waals surface area contributed by atoms with Crippen LogP contribution in [0.3, 0.4) is 0 Å². The number of carbonyl (C=O) groups excluding carboxylic acids is 3. The van der Waals surface area contributed by atoms with E-state index in [1.165, 1.54) is 4.90 Å². The van der Waals surface area contributed by atoms with Crippen molar-refractivity contribution in [2.24, 2.45) is 5.92 Å². The molecule has 4 N–H and O–H groups in total. The van der Waals surface area contributed by atoms with Gasteiger partial charge in [-0.3, -0.25) is 9.59 Å². The highest BCUT2D eigenvalue weighted by Crippen LogP contribution is 2.28. The molecule has 5 atom stereocenters. The third-order valence-electron chi connectivity index (χ3n) is 9.29. The second-order valence-electron chi connectivity index (χ2n) is 14.8. The SMILES string of the molecule is CC(C)(C)OC(=O)N1CCC(CC[C@@H](NS(C)(=O)=O)C(=O)N2C[C@H](OCc3ccc(Cl)cc3)C[C@H]2C(=O)N[C@@H](Cc2ccccc2)C(O)C(=O)O)CC1. The summed E-state index contributed by atoms with van der Waals surface area (Å²) in [5.41, 5.74) is 0.861. The van der Waals surface area contributed by atoms with Gasteiger partial charge in [0, 0.05) is 31.1 Å². The van der Waals surface area contributed by atoms with Crippen molar-refractivity contribution < 1.29 is 47.3 Å². The first kappa shape index (κ1) is 42.0. The third kappa shape index (κ3) is 13.2. The minimum absolute atomic E-state index is 0.00219. The maximum Gasteiger partial charge on any atom is 0.410 e. The summed E-state index contributed by atoms with van der Waals surface area (Å²) in [6.07, 6.45) is -0.0576. The number of sulfonamides is 1. The Morgan fingerprint density at radius 3 is 2.23 bits per heavy atom. The number of carboxylic acids is 1. The molecule has 2 aromatic rings. The number of aliphatic hydroxyl groups excluding tert-OH is 1. The molecule has 2 fully saturated rings. The first-order chi connectivity index (χ1) is 24.9. The van der Waals surface area contributed by atoms with Crippen LogP contribution in [-0.2, 0) is 46.9 Å². The molecule has 0 aliphatic carbocycles. The van der Waals surface area contributed by atoms with Crippen molar-refractivity contribution in [3.63, 3.8) is 0 Å². The molecule has 292 valence electrons. The summed E-state index contributed by atoms with van der Waals surface area (Å²) in [4.78, 5) is 55.6. The number of benzene rings is 2. The molecule has 1 unspecified atom stereocenters. The van der Waals surface area contributed by atoms with Crippen LogP contribution in [0.25, 0.3) is 0 Å². The lowest BCUT2D eigenvalue weighted by Crippen LogP contribution is -2.56. The molecule has 16 heteroatoms. The molecule has 2 aromatic carbocycles. The molecule has 2 aliphatic heterocycles. The van der Waals surface area contributed by atoms with E-state index < -0.39 is 69.8 Å². The fourth-order valence-electron chi connectivity index (χ4n) is 6.59. The van der Waals surface area contributed by atoms with Crippen molar-refractivity contribution >= 4 is 45.5 Å². The van der Waals surface area contributed by atoms with E-state index in [2.05, 4.69) is 10.0 Å². The van der Waals surface area contributed by atoms with Crippen molar-refractivity contribution in [2.75, 3.05) is 25.9 Å². The van der Waals surface area contributed by atoms with Crippen LogP contribution in [0.2, 0.25) is 5.02 Å². The molecule has 4 rings (SSSR count). The van der Waals surface area contributed by atoms with Gasteiger partial charge >= 0.3 is 12.1 Å². The molecule has 0 saturated carbocycles. The van der Waals surface area contributed by atoms with E-state index in [0.29, 0.717) is 42.9 Å². The predicted molar refractivity (Wildman–Crippen MR) is 197 cm³/mol. The fraction of sp³-hybridized carbons (Fsp3) is 0.568. The summed E-state index contributed by atoms with van der Waals surface area (Å²) in [6.45, 7) is 6.44. The normalized spacial score (nSPS) is 20.0. The van der Waals surface area contributed by atoms with E-state index in [9.17, 15) is 37.8 Å². The molecule has 0 spiro atoms. The first-order valence-corrected chi connectivity index (χ1v) is 20.0. The Hall–Kier alpha value is -3.76. The minimum Gasteiger partial charge on any atom is -0.479 e. The van der Waals surface area contributed by atoms with Crippen molar-refractivity contribution in [1.82, 2.24) is 19.8 Å². The summed E-state index contributed by atoms with van der Waals surface area (Å²) in [5, 5.41) is 23.4. The Bertz CT molecular complexity index is 1660. The fourth-order valence-corrected chi connectivity index (χ4v) is 7.45. The number of carbonyl (C=O) groups is 4. The van der Waals surface area contributed by atoms with Crippen LogP contribution < -0.4 is 10.0 Å². The highest BCUT2D eigenvalue weighted by molar-refractivity contribution is 7.88. The number of aliphatic hydroxyl groups is 1. The summed E-state index contributed by atoms with van der Waals surface area (Å²) in [5.74, 6) is -2.75. The van der Waals surface area contributed by atoms with Gasteiger partial charge in [0.25, 0.3) is 0 Å². The van der Waals surface area contributed by atoms with E-state index in [0.717, 1.165) is 11.8 Å². The van der Waals surface area contributed by atoms with E-state index in [1.54, 1.807) is 80.3 Å². The Balaban J connectivity index is 1.51. The van der Waals surface area contributed by atoms with Crippen molar-refractivity contribution in [3.05, 3.63) is 70.7 Å². The standard InChI is InChI=1S/C37H51ClN4O10S/c1-37(2,3)52-36(48)41-18-16-24(17-19-41)12-15-29(40-53(4,49)50)34(45)42-22-28(51-23-26-10-13-27(38)14-11-26)21-31(42)33(44)39-30(32(43)35(46)47)20-25-8-6-5-7-9-25/h5-11,13-14,24,28-32,40,43H,12,15-23H2,1-4H3,(H,39,44)(H,46,47)/t28-,29-,30+,31+,32?/m1/s1. The van der Waals surface area contributed by atoms with Crippen LogP contribution in [0.5, 0.6) is 0 Å². The van der Waals surface area contributed by atoms with Crippen LogP contribution in [0.4, 0.5) is 4.79 Å². The Labute approximate surface area is 316 Å². The van der Waals surface area contributed by atoms with Gasteiger partial charge in [-0.25, -0.2) is 22.7 Å². The lowest BCUT2D eigenvalue weighted by atomic mass is 9.90. The number of hydrogen-bond donors (Lipinski definition) is 4. The number of halogens is 1. The quantitative estimate of drug-likeness (QED) is 0.209. The molecule has 3 amide bonds. The van der Waals surface area contributed by atoms with Gasteiger partial charge in [0.2, 0.25) is 21.8 Å². The van der Waals surface area contributed by atoms with Gasteiger partial charge in [-0.15, -0.1) is 0 Å². The molecule has 0 aromatic heterocycles. The van der Waals surface area contributed by atoms with Gasteiger partial charge < -0.3 is 34.8 Å². The van der Waals surface area contributed by atoms with E-state index in [1.807, 2.05) is 0 Å². The average Bonchev–Trinajstić information content (AvgIpc) is 3.53. The molecule has 2 aliphatic rings. The summed E-state index contributed by atoms with van der Waals surface area (Å²) < 4.78 is 39.1. The number of aliphatic carboxylic acids is 1. The van der Waals surface area contributed by atoms with Crippen LogP contribution in [0.15, 0.2) is 54.6 Å². The summed E-state index contributed by atoms with van der Waals surface area (Å²) in [7, 11) is -3.87. The van der Waals surface area contributed by atoms with E-state index in [-0.39, 0.29) is 38.3 Å². The van der Waals surface area contributed by atoms with E-state index in [4.69, 9.17) is 21.1 Å². The largest absolute Gasteiger partial charge is 0.479 e. The molecule has 53 heavy (non-hydrogen) atoms. The number of piperidine rings is 1. The summed E-state index contributed by atoms with van der Waals surface area (Å²) >= 11 is 6.02. The number of amides is 3. The lowest BCUT2D eigenvalue weighted by Gasteiger charge is -2.34. The Kier molecular flexibility index (Phi) is 14.7. The molecule has 2 saturated heterocycles. The van der Waals surface area contributed by atoms with Crippen molar-refractivity contribution in [2.45, 2.75) is 102 Å². The van der Waals surface area contributed by atoms with Gasteiger partial charge in [-0.1, -0.05) is 54.1 Å². The minimum atomic E-state index is -3.87.